The molecule has 1 aromatic heterocycles. The van der Waals surface area contributed by atoms with Crippen molar-refractivity contribution in [1.82, 2.24) is 14.8 Å². The van der Waals surface area contributed by atoms with Gasteiger partial charge in [0.25, 0.3) is 0 Å². The number of methoxy groups -OCH3 is 1. The van der Waals surface area contributed by atoms with Gasteiger partial charge in [-0.25, -0.2) is 0 Å². The minimum atomic E-state index is 0. The average Bonchev–Trinajstić information content (AvgIpc) is 2.90. The molecule has 5 rings (SSSR count). The van der Waals surface area contributed by atoms with Crippen LogP contribution in [0.3, 0.4) is 0 Å². The minimum Gasteiger partial charge on any atom is -0.497 e. The van der Waals surface area contributed by atoms with Crippen molar-refractivity contribution < 1.29 is 35.9 Å². The number of anilines is 1. The van der Waals surface area contributed by atoms with E-state index in [2.05, 4.69) is 76.1 Å². The normalized spacial score (nSPS) is 18.0. The molecule has 0 saturated carbocycles. The van der Waals surface area contributed by atoms with Crippen molar-refractivity contribution in [3.8, 4) is 5.75 Å². The van der Waals surface area contributed by atoms with Crippen molar-refractivity contribution in [1.29, 1.82) is 0 Å². The number of piperazine rings is 1. The van der Waals surface area contributed by atoms with E-state index in [4.69, 9.17) is 4.74 Å². The summed E-state index contributed by atoms with van der Waals surface area (Å²) in [5.74, 6) is 1.35. The van der Waals surface area contributed by atoms with Gasteiger partial charge in [0, 0.05) is 50.8 Å². The maximum Gasteiger partial charge on any atom is 2.00 e. The first-order valence-electron chi connectivity index (χ1n) is 12.2. The number of pyridine rings is 1. The molecule has 1 atom stereocenters. The van der Waals surface area contributed by atoms with Gasteiger partial charge in [-0.05, 0) is 55.9 Å². The molecular weight excluding hydrogens is 658 g/mol. The Hall–Kier alpha value is -1.84. The second-order valence-corrected chi connectivity index (χ2v) is 9.04. The summed E-state index contributed by atoms with van der Waals surface area (Å²) >= 11 is 0. The molecule has 0 spiro atoms. The van der Waals surface area contributed by atoms with Gasteiger partial charge in [-0.2, -0.15) is 30.7 Å². The molecule has 182 valence electrons. The van der Waals surface area contributed by atoms with Crippen molar-refractivity contribution >= 4 is 5.69 Å². The topological polar surface area (TPSA) is 31.8 Å². The molecule has 0 N–H and O–H groups in total. The summed E-state index contributed by atoms with van der Waals surface area (Å²) in [6.45, 7) is 11.6. The van der Waals surface area contributed by atoms with Gasteiger partial charge >= 0.3 is 31.1 Å². The Bertz CT molecular complexity index is 1010. The number of ether oxygens (including phenoxy) is 1. The van der Waals surface area contributed by atoms with Crippen LogP contribution >= 0.6 is 0 Å². The van der Waals surface area contributed by atoms with Gasteiger partial charge in [0.15, 0.2) is 0 Å². The molecule has 0 bridgehead atoms. The third-order valence-corrected chi connectivity index (χ3v) is 6.69. The third-order valence-electron chi connectivity index (χ3n) is 6.69. The number of benzene rings is 2. The van der Waals surface area contributed by atoms with E-state index >= 15 is 0 Å². The number of rotatable bonds is 5. The van der Waals surface area contributed by atoms with Gasteiger partial charge in [-0.3, -0.25) is 4.98 Å². The van der Waals surface area contributed by atoms with Crippen LogP contribution in [0.15, 0.2) is 67.0 Å². The zero-order valence-corrected chi connectivity index (χ0v) is 25.2. The second-order valence-electron chi connectivity index (χ2n) is 9.04. The molecule has 3 heterocycles. The van der Waals surface area contributed by atoms with Crippen LogP contribution in [0.25, 0.3) is 0 Å². The molecule has 1 unspecified atom stereocenters. The third kappa shape index (κ3) is 7.57. The fraction of sp³-hybridized carbons (Fsp3) is 0.379. The van der Waals surface area contributed by atoms with Crippen molar-refractivity contribution in [2.24, 2.45) is 0 Å². The van der Waals surface area contributed by atoms with Crippen LogP contribution in [0.2, 0.25) is 0 Å². The Kier molecular flexibility index (Phi) is 11.1. The number of hydrogen-bond acceptors (Lipinski definition) is 5. The molecule has 2 aromatic carbocycles. The van der Waals surface area contributed by atoms with Gasteiger partial charge < -0.3 is 26.4 Å². The van der Waals surface area contributed by atoms with Crippen molar-refractivity contribution in [3.05, 3.63) is 96.7 Å². The molecule has 2 aliphatic heterocycles. The smallest absolute Gasteiger partial charge is 0.497 e. The van der Waals surface area contributed by atoms with Crippen molar-refractivity contribution in [2.45, 2.75) is 18.9 Å². The second kappa shape index (κ2) is 14.0. The predicted octanol–water partition coefficient (Wildman–Crippen LogP) is 4.50. The van der Waals surface area contributed by atoms with E-state index < -0.39 is 0 Å². The van der Waals surface area contributed by atoms with Crippen molar-refractivity contribution in [3.63, 3.8) is 0 Å². The predicted molar refractivity (Wildman–Crippen MR) is 139 cm³/mol. The van der Waals surface area contributed by atoms with E-state index in [0.29, 0.717) is 5.92 Å². The number of hydrogen-bond donors (Lipinski definition) is 0. The molecule has 1 saturated heterocycles. The largest absolute Gasteiger partial charge is 2.00 e. The molecule has 3 aromatic rings. The van der Waals surface area contributed by atoms with Crippen LogP contribution in [-0.2, 0) is 6.54 Å². The molecule has 5 nitrogen and oxygen atoms in total. The molecule has 1 fully saturated rings. The quantitative estimate of drug-likeness (QED) is 0.368. The standard InChI is InChI=1S/C17H18NO.C12H18N3.U/c1-18-11-14-5-3-4-6-16(14)17(12-18)13-7-9-15(19-2)10-8-13;1-2-7-14-8-10-15(11-9-14)12-3-5-13-6-4-12;/h4-10,17H,11-12H2,1-2H3;3-6H,1-2,7-11H2;/q2*-1;+2. The van der Waals surface area contributed by atoms with E-state index in [1.165, 1.54) is 22.4 Å². The van der Waals surface area contributed by atoms with Crippen LogP contribution in [0.4, 0.5) is 5.69 Å². The van der Waals surface area contributed by atoms with E-state index in [0.717, 1.165) is 58.0 Å². The Morgan fingerprint density at radius 3 is 2.40 bits per heavy atom. The monoisotopic (exact) mass is 694 g/mol. The summed E-state index contributed by atoms with van der Waals surface area (Å²) in [7, 11) is 3.88. The fourth-order valence-electron chi connectivity index (χ4n) is 4.85. The number of fused-ring (bicyclic) bond motifs is 1. The Morgan fingerprint density at radius 2 is 1.74 bits per heavy atom. The molecule has 0 amide bonds. The number of nitrogens with zero attached hydrogens (tertiary/aromatic N) is 4. The Morgan fingerprint density at radius 1 is 1.03 bits per heavy atom. The van der Waals surface area contributed by atoms with E-state index in [1.807, 2.05) is 30.6 Å². The first-order chi connectivity index (χ1) is 16.7. The first kappa shape index (κ1) is 27.7. The minimum absolute atomic E-state index is 0. The molecule has 2 aliphatic rings. The van der Waals surface area contributed by atoms with Crippen LogP contribution in [0, 0.1) is 44.1 Å². The van der Waals surface area contributed by atoms with Gasteiger partial charge in [-0.15, -0.1) is 11.1 Å². The zero-order valence-electron chi connectivity index (χ0n) is 21.0. The van der Waals surface area contributed by atoms with Crippen LogP contribution in [0.5, 0.6) is 5.75 Å². The number of likely N-dealkylation sites (N-methyl/N-ethyl adjacent to an activating group) is 1. The number of aromatic nitrogens is 1. The molecule has 35 heavy (non-hydrogen) atoms. The Labute approximate surface area is 234 Å². The average molecular weight is 695 g/mol. The summed E-state index contributed by atoms with van der Waals surface area (Å²) in [6, 6.07) is 22.1. The maximum absolute atomic E-state index is 5.23. The van der Waals surface area contributed by atoms with Crippen LogP contribution < -0.4 is 9.64 Å². The summed E-state index contributed by atoms with van der Waals surface area (Å²) in [4.78, 5) is 11.3. The Balaban J connectivity index is 0.000000195. The van der Waals surface area contributed by atoms with Gasteiger partial charge in [0.05, 0.1) is 7.11 Å². The van der Waals surface area contributed by atoms with E-state index in [-0.39, 0.29) is 31.1 Å². The fourth-order valence-corrected chi connectivity index (χ4v) is 4.85. The summed E-state index contributed by atoms with van der Waals surface area (Å²) in [5.41, 5.74) is 5.46. The summed E-state index contributed by atoms with van der Waals surface area (Å²) in [6.07, 6.45) is 4.73. The first-order valence-corrected chi connectivity index (χ1v) is 12.2. The van der Waals surface area contributed by atoms with Gasteiger partial charge in [0.1, 0.15) is 5.75 Å². The molecular formula is C29H36N4OU. The van der Waals surface area contributed by atoms with Crippen molar-refractivity contribution in [2.75, 3.05) is 58.3 Å². The molecule has 0 aliphatic carbocycles. The van der Waals surface area contributed by atoms with Crippen LogP contribution in [0.1, 0.15) is 29.0 Å². The molecule has 6 heteroatoms. The summed E-state index contributed by atoms with van der Waals surface area (Å²) < 4.78 is 5.23. The van der Waals surface area contributed by atoms with Gasteiger partial charge in [-0.1, -0.05) is 12.1 Å². The maximum atomic E-state index is 5.23. The summed E-state index contributed by atoms with van der Waals surface area (Å²) in [5, 5.41) is 0. The van der Waals surface area contributed by atoms with E-state index in [9.17, 15) is 0 Å². The SMILES string of the molecule is COc1ccc(C2CN(C)Cc3c[c-]ccc32)cc1.[CH2-]CCN1CCN(c2ccncc2)CC1.[U+2]. The van der Waals surface area contributed by atoms with Gasteiger partial charge in [0.2, 0.25) is 0 Å². The zero-order chi connectivity index (χ0) is 23.8. The molecule has 0 radical (unpaired) electrons. The van der Waals surface area contributed by atoms with E-state index in [1.54, 1.807) is 7.11 Å². The van der Waals surface area contributed by atoms with Crippen LogP contribution in [-0.4, -0.2) is 68.2 Å².